The van der Waals surface area contributed by atoms with Gasteiger partial charge >= 0.3 is 5.97 Å². The second-order valence-corrected chi connectivity index (χ2v) is 6.45. The second-order valence-electron chi connectivity index (χ2n) is 5.60. The Balaban J connectivity index is 1.68. The molecule has 0 radical (unpaired) electrons. The summed E-state index contributed by atoms with van der Waals surface area (Å²) < 4.78 is 18.7. The normalized spacial score (nSPS) is 10.4. The van der Waals surface area contributed by atoms with Crippen LogP contribution in [0.15, 0.2) is 46.9 Å². The summed E-state index contributed by atoms with van der Waals surface area (Å²) in [7, 11) is 0. The van der Waals surface area contributed by atoms with Crippen LogP contribution in [-0.2, 0) is 16.0 Å². The van der Waals surface area contributed by atoms with Crippen molar-refractivity contribution in [3.05, 3.63) is 69.4 Å². The number of hydrogen-bond donors (Lipinski definition) is 1. The predicted octanol–water partition coefficient (Wildman–Crippen LogP) is 3.80. The topological polar surface area (TPSA) is 55.4 Å². The van der Waals surface area contributed by atoms with Crippen LogP contribution in [0.1, 0.15) is 27.9 Å². The van der Waals surface area contributed by atoms with Gasteiger partial charge in [0, 0.05) is 10.9 Å². The maximum absolute atomic E-state index is 13.2. The number of carbonyl (C=O) groups excluding carboxylic acids is 2. The molecule has 0 unspecified atom stereocenters. The zero-order chi connectivity index (χ0) is 18.2. The molecule has 0 aliphatic carbocycles. The fourth-order valence-electron chi connectivity index (χ4n) is 2.17. The molecule has 0 aromatic heterocycles. The van der Waals surface area contributed by atoms with Gasteiger partial charge in [-0.1, -0.05) is 29.8 Å². The van der Waals surface area contributed by atoms with Crippen molar-refractivity contribution in [3.8, 4) is 0 Å². The summed E-state index contributed by atoms with van der Waals surface area (Å²) in [6.45, 7) is 2.25. The minimum Gasteiger partial charge on any atom is -0.460 e. The smallest absolute Gasteiger partial charge is 0.339 e. The zero-order valence-corrected chi connectivity index (χ0v) is 15.4. The predicted molar refractivity (Wildman–Crippen MR) is 96.9 cm³/mol. The van der Waals surface area contributed by atoms with E-state index in [1.165, 1.54) is 17.7 Å². The quantitative estimate of drug-likeness (QED) is 0.560. The van der Waals surface area contributed by atoms with Crippen LogP contribution in [0.25, 0.3) is 0 Å². The highest BCUT2D eigenvalue weighted by molar-refractivity contribution is 9.10. The van der Waals surface area contributed by atoms with Gasteiger partial charge in [0.15, 0.2) is 0 Å². The Bertz CT molecular complexity index is 747. The van der Waals surface area contributed by atoms with Crippen molar-refractivity contribution >= 4 is 27.8 Å². The number of ether oxygens (including phenoxy) is 1. The molecule has 0 aliphatic rings. The largest absolute Gasteiger partial charge is 0.460 e. The lowest BCUT2D eigenvalue weighted by Crippen LogP contribution is -2.28. The van der Waals surface area contributed by atoms with Gasteiger partial charge < -0.3 is 10.1 Å². The lowest BCUT2D eigenvalue weighted by atomic mass is 10.1. The molecular formula is C19H19BrFNO3. The fourth-order valence-corrected chi connectivity index (χ4v) is 2.58. The maximum atomic E-state index is 13.2. The molecule has 0 spiro atoms. The van der Waals surface area contributed by atoms with Gasteiger partial charge in [-0.3, -0.25) is 4.79 Å². The van der Waals surface area contributed by atoms with E-state index in [0.29, 0.717) is 17.3 Å². The van der Waals surface area contributed by atoms with E-state index in [1.807, 2.05) is 31.2 Å². The summed E-state index contributed by atoms with van der Waals surface area (Å²) in [6.07, 6.45) is 1.02. The molecule has 6 heteroatoms. The van der Waals surface area contributed by atoms with Crippen LogP contribution in [0, 0.1) is 12.7 Å². The first-order chi connectivity index (χ1) is 12.0. The van der Waals surface area contributed by atoms with Gasteiger partial charge in [0.25, 0.3) is 0 Å². The van der Waals surface area contributed by atoms with Gasteiger partial charge in [0.1, 0.15) is 12.4 Å². The molecule has 0 atom stereocenters. The van der Waals surface area contributed by atoms with Gasteiger partial charge in [0.05, 0.1) is 12.1 Å². The Hall–Kier alpha value is -2.21. The van der Waals surface area contributed by atoms with Crippen molar-refractivity contribution in [1.82, 2.24) is 5.32 Å². The van der Waals surface area contributed by atoms with Crippen molar-refractivity contribution < 1.29 is 18.7 Å². The molecule has 1 N–H and O–H groups in total. The number of hydrogen-bond acceptors (Lipinski definition) is 3. The molecule has 0 fully saturated rings. The Morgan fingerprint density at radius 3 is 2.60 bits per heavy atom. The lowest BCUT2D eigenvalue weighted by Gasteiger charge is -2.08. The van der Waals surface area contributed by atoms with Crippen LogP contribution < -0.4 is 5.32 Å². The van der Waals surface area contributed by atoms with Crippen molar-refractivity contribution in [1.29, 1.82) is 0 Å². The zero-order valence-electron chi connectivity index (χ0n) is 13.9. The third-order valence-corrected chi connectivity index (χ3v) is 4.26. The maximum Gasteiger partial charge on any atom is 0.339 e. The summed E-state index contributed by atoms with van der Waals surface area (Å²) in [5, 5.41) is 2.70. The Morgan fingerprint density at radius 1 is 1.16 bits per heavy atom. The van der Waals surface area contributed by atoms with E-state index < -0.39 is 11.8 Å². The highest BCUT2D eigenvalue weighted by Gasteiger charge is 2.12. The van der Waals surface area contributed by atoms with Crippen molar-refractivity contribution in [2.24, 2.45) is 0 Å². The molecule has 0 aliphatic heterocycles. The molecule has 0 heterocycles. The summed E-state index contributed by atoms with van der Waals surface area (Å²) >= 11 is 3.17. The summed E-state index contributed by atoms with van der Waals surface area (Å²) in [6, 6.07) is 11.8. The van der Waals surface area contributed by atoms with E-state index in [4.69, 9.17) is 4.74 Å². The number of aryl methyl sites for hydroxylation is 2. The number of benzene rings is 2. The molecule has 2 rings (SSSR count). The third kappa shape index (κ3) is 6.31. The Kier molecular flexibility index (Phi) is 7.13. The molecule has 2 aromatic rings. The molecule has 2 aromatic carbocycles. The van der Waals surface area contributed by atoms with E-state index in [0.717, 1.165) is 11.6 Å². The van der Waals surface area contributed by atoms with Crippen LogP contribution in [0.3, 0.4) is 0 Å². The van der Waals surface area contributed by atoms with Crippen molar-refractivity contribution in [2.75, 3.05) is 13.2 Å². The minimum absolute atomic E-state index is 0.0259. The van der Waals surface area contributed by atoms with E-state index >= 15 is 0 Å². The minimum atomic E-state index is -0.639. The SMILES string of the molecule is Cc1ccc(CCC(=O)NCCOC(=O)c2cc(F)ccc2Br)cc1. The second kappa shape index (κ2) is 9.32. The van der Waals surface area contributed by atoms with E-state index in [1.54, 1.807) is 0 Å². The van der Waals surface area contributed by atoms with Crippen molar-refractivity contribution in [3.63, 3.8) is 0 Å². The first kappa shape index (κ1) is 19.1. The van der Waals surface area contributed by atoms with E-state index in [2.05, 4.69) is 21.2 Å². The van der Waals surface area contributed by atoms with Gasteiger partial charge in [-0.25, -0.2) is 9.18 Å². The standard InChI is InChI=1S/C19H19BrFNO3/c1-13-2-4-14(5-3-13)6-9-18(23)22-10-11-25-19(24)16-12-15(21)7-8-17(16)20/h2-5,7-8,12H,6,9-11H2,1H3,(H,22,23). The number of amides is 1. The average Bonchev–Trinajstić information content (AvgIpc) is 2.60. The van der Waals surface area contributed by atoms with Crippen LogP contribution in [0.5, 0.6) is 0 Å². The molecule has 0 saturated carbocycles. The van der Waals surface area contributed by atoms with E-state index in [-0.39, 0.29) is 24.6 Å². The lowest BCUT2D eigenvalue weighted by molar-refractivity contribution is -0.121. The highest BCUT2D eigenvalue weighted by Crippen LogP contribution is 2.18. The fraction of sp³-hybridized carbons (Fsp3) is 0.263. The molecule has 0 bridgehead atoms. The first-order valence-electron chi connectivity index (χ1n) is 7.90. The number of rotatable bonds is 7. The molecule has 1 amide bonds. The number of esters is 1. The van der Waals surface area contributed by atoms with Gasteiger partial charge in [-0.2, -0.15) is 0 Å². The summed E-state index contributed by atoms with van der Waals surface area (Å²) in [5.74, 6) is -1.26. The number of carbonyl (C=O) groups is 2. The number of nitrogens with one attached hydrogen (secondary N) is 1. The molecule has 25 heavy (non-hydrogen) atoms. The summed E-state index contributed by atoms with van der Waals surface area (Å²) in [4.78, 5) is 23.7. The van der Waals surface area contributed by atoms with Crippen LogP contribution >= 0.6 is 15.9 Å². The Morgan fingerprint density at radius 2 is 1.88 bits per heavy atom. The monoisotopic (exact) mass is 407 g/mol. The van der Waals surface area contributed by atoms with Gasteiger partial charge in [-0.15, -0.1) is 0 Å². The third-order valence-electron chi connectivity index (χ3n) is 3.57. The molecule has 132 valence electrons. The van der Waals surface area contributed by atoms with Crippen LogP contribution in [0.2, 0.25) is 0 Å². The molecule has 0 saturated heterocycles. The number of halogens is 2. The van der Waals surface area contributed by atoms with Gasteiger partial charge in [0.2, 0.25) is 5.91 Å². The Labute approximate surface area is 154 Å². The first-order valence-corrected chi connectivity index (χ1v) is 8.69. The van der Waals surface area contributed by atoms with Crippen molar-refractivity contribution in [2.45, 2.75) is 19.8 Å². The summed E-state index contributed by atoms with van der Waals surface area (Å²) in [5.41, 5.74) is 2.40. The van der Waals surface area contributed by atoms with Crippen LogP contribution in [-0.4, -0.2) is 25.0 Å². The van der Waals surface area contributed by atoms with E-state index in [9.17, 15) is 14.0 Å². The molecular weight excluding hydrogens is 389 g/mol. The highest BCUT2D eigenvalue weighted by atomic mass is 79.9. The van der Waals surface area contributed by atoms with Crippen LogP contribution in [0.4, 0.5) is 4.39 Å². The average molecular weight is 408 g/mol. The molecule has 4 nitrogen and oxygen atoms in total. The van der Waals surface area contributed by atoms with Gasteiger partial charge in [-0.05, 0) is 53.0 Å².